The minimum Gasteiger partial charge on any atom is -0.371 e. The Morgan fingerprint density at radius 3 is 2.75 bits per heavy atom. The van der Waals surface area contributed by atoms with Crippen molar-refractivity contribution >= 4 is 5.91 Å². The third kappa shape index (κ3) is 2.10. The highest BCUT2D eigenvalue weighted by Gasteiger charge is 2.37. The number of amides is 1. The molecule has 3 aliphatic rings. The third-order valence-electron chi connectivity index (χ3n) is 4.32. The molecular weight excluding hydrogens is 260 g/mol. The number of aromatic nitrogens is 2. The molecule has 1 N–H and O–H groups in total. The molecule has 3 atom stereocenters. The van der Waals surface area contributed by atoms with Gasteiger partial charge in [-0.25, -0.2) is 0 Å². The summed E-state index contributed by atoms with van der Waals surface area (Å²) < 4.78 is 11.0. The number of carbonyl (C=O) groups excluding carboxylic acids is 1. The van der Waals surface area contributed by atoms with Gasteiger partial charge in [0.2, 0.25) is 5.89 Å². The maximum Gasteiger partial charge on any atom is 0.295 e. The van der Waals surface area contributed by atoms with Crippen LogP contribution in [0.1, 0.15) is 48.2 Å². The molecule has 1 amide bonds. The highest BCUT2D eigenvalue weighted by atomic mass is 16.5. The van der Waals surface area contributed by atoms with Gasteiger partial charge < -0.3 is 19.5 Å². The molecule has 3 unspecified atom stereocenters. The van der Waals surface area contributed by atoms with Gasteiger partial charge in [-0.15, -0.1) is 0 Å². The molecule has 3 aliphatic heterocycles. The largest absolute Gasteiger partial charge is 0.371 e. The van der Waals surface area contributed by atoms with Crippen molar-refractivity contribution in [3.8, 4) is 0 Å². The topological polar surface area (TPSA) is 80.5 Å². The third-order valence-corrected chi connectivity index (χ3v) is 4.32. The smallest absolute Gasteiger partial charge is 0.295 e. The van der Waals surface area contributed by atoms with Crippen LogP contribution in [0.15, 0.2) is 4.52 Å². The Morgan fingerprint density at radius 1 is 1.25 bits per heavy atom. The number of carbonyl (C=O) groups is 1. The van der Waals surface area contributed by atoms with Crippen LogP contribution < -0.4 is 5.32 Å². The quantitative estimate of drug-likeness (QED) is 0.848. The summed E-state index contributed by atoms with van der Waals surface area (Å²) in [7, 11) is 0. The van der Waals surface area contributed by atoms with Crippen LogP contribution in [0.2, 0.25) is 0 Å². The summed E-state index contributed by atoms with van der Waals surface area (Å²) in [5.74, 6) is 0.565. The summed E-state index contributed by atoms with van der Waals surface area (Å²) in [6.07, 6.45) is 4.53. The number of ether oxygens (including phenoxy) is 1. The van der Waals surface area contributed by atoms with E-state index in [0.717, 1.165) is 32.2 Å². The second-order valence-corrected chi connectivity index (χ2v) is 5.77. The summed E-state index contributed by atoms with van der Waals surface area (Å²) >= 11 is 0. The van der Waals surface area contributed by atoms with Crippen LogP contribution in [0, 0.1) is 0 Å². The summed E-state index contributed by atoms with van der Waals surface area (Å²) in [5.41, 5.74) is 0. The fourth-order valence-electron chi connectivity index (χ4n) is 3.28. The van der Waals surface area contributed by atoms with Gasteiger partial charge in [0.1, 0.15) is 0 Å². The zero-order chi connectivity index (χ0) is 13.5. The molecule has 0 saturated carbocycles. The van der Waals surface area contributed by atoms with Crippen LogP contribution in [0.25, 0.3) is 0 Å². The van der Waals surface area contributed by atoms with Crippen molar-refractivity contribution in [2.45, 2.75) is 43.9 Å². The molecule has 2 bridgehead atoms. The van der Waals surface area contributed by atoms with Gasteiger partial charge >= 0.3 is 0 Å². The SMILES string of the molecule is O=C(c1noc(C2CCCN2)n1)N1CC2CCC(C1)O2. The second-order valence-electron chi connectivity index (χ2n) is 5.77. The molecule has 20 heavy (non-hydrogen) atoms. The van der Waals surface area contributed by atoms with Crippen LogP contribution in [-0.4, -0.2) is 52.8 Å². The Labute approximate surface area is 116 Å². The van der Waals surface area contributed by atoms with E-state index in [2.05, 4.69) is 15.5 Å². The Morgan fingerprint density at radius 2 is 2.05 bits per heavy atom. The monoisotopic (exact) mass is 278 g/mol. The van der Waals surface area contributed by atoms with Crippen molar-refractivity contribution in [3.05, 3.63) is 11.7 Å². The molecule has 3 saturated heterocycles. The van der Waals surface area contributed by atoms with E-state index in [0.29, 0.717) is 19.0 Å². The molecule has 0 aromatic carbocycles. The van der Waals surface area contributed by atoms with Gasteiger partial charge in [-0.1, -0.05) is 5.16 Å². The van der Waals surface area contributed by atoms with E-state index in [1.54, 1.807) is 4.90 Å². The molecule has 108 valence electrons. The lowest BCUT2D eigenvalue weighted by Gasteiger charge is -2.31. The van der Waals surface area contributed by atoms with Crippen LogP contribution >= 0.6 is 0 Å². The molecule has 1 aromatic heterocycles. The van der Waals surface area contributed by atoms with Gasteiger partial charge in [-0.05, 0) is 32.2 Å². The first-order valence-corrected chi connectivity index (χ1v) is 7.31. The van der Waals surface area contributed by atoms with Crippen LogP contribution in [-0.2, 0) is 4.74 Å². The van der Waals surface area contributed by atoms with E-state index >= 15 is 0 Å². The molecule has 7 nitrogen and oxygen atoms in total. The molecular formula is C13H18N4O3. The van der Waals surface area contributed by atoms with Crippen LogP contribution in [0.3, 0.4) is 0 Å². The molecule has 3 fully saturated rings. The maximum absolute atomic E-state index is 12.4. The number of rotatable bonds is 2. The number of hydrogen-bond donors (Lipinski definition) is 1. The fourth-order valence-corrected chi connectivity index (χ4v) is 3.28. The molecule has 0 spiro atoms. The maximum atomic E-state index is 12.4. The highest BCUT2D eigenvalue weighted by Crippen LogP contribution is 2.27. The Balaban J connectivity index is 1.48. The van der Waals surface area contributed by atoms with Crippen molar-refractivity contribution in [1.82, 2.24) is 20.4 Å². The molecule has 7 heteroatoms. The minimum absolute atomic E-state index is 0.102. The minimum atomic E-state index is -0.141. The van der Waals surface area contributed by atoms with Crippen molar-refractivity contribution in [2.75, 3.05) is 19.6 Å². The van der Waals surface area contributed by atoms with Gasteiger partial charge in [-0.3, -0.25) is 4.79 Å². The number of morpholine rings is 1. The molecule has 0 aliphatic carbocycles. The van der Waals surface area contributed by atoms with E-state index in [1.807, 2.05) is 0 Å². The predicted octanol–water partition coefficient (Wildman–Crippen LogP) is 0.497. The highest BCUT2D eigenvalue weighted by molar-refractivity contribution is 5.90. The number of nitrogens with one attached hydrogen (secondary N) is 1. The Bertz CT molecular complexity index is 499. The lowest BCUT2D eigenvalue weighted by atomic mass is 10.2. The lowest BCUT2D eigenvalue weighted by Crippen LogP contribution is -2.46. The van der Waals surface area contributed by atoms with Crippen molar-refractivity contribution < 1.29 is 14.1 Å². The van der Waals surface area contributed by atoms with Crippen LogP contribution in [0.5, 0.6) is 0 Å². The summed E-state index contributed by atoms with van der Waals surface area (Å²) in [6, 6.07) is 0.102. The zero-order valence-electron chi connectivity index (χ0n) is 11.2. The molecule has 4 rings (SSSR count). The Hall–Kier alpha value is -1.47. The summed E-state index contributed by atoms with van der Waals surface area (Å²) in [4.78, 5) is 18.5. The van der Waals surface area contributed by atoms with Crippen molar-refractivity contribution in [2.24, 2.45) is 0 Å². The summed E-state index contributed by atoms with van der Waals surface area (Å²) in [5, 5.41) is 7.14. The standard InChI is InChI=1S/C13H18N4O3/c18-13(17-6-8-3-4-9(7-17)19-8)11-15-12(20-16-11)10-2-1-5-14-10/h8-10,14H,1-7H2. The molecule has 1 aromatic rings. The first-order chi connectivity index (χ1) is 9.79. The van der Waals surface area contributed by atoms with E-state index in [1.165, 1.54) is 0 Å². The average Bonchev–Trinajstić information content (AvgIpc) is 3.17. The number of hydrogen-bond acceptors (Lipinski definition) is 6. The van der Waals surface area contributed by atoms with E-state index < -0.39 is 0 Å². The van der Waals surface area contributed by atoms with Gasteiger partial charge in [0.25, 0.3) is 11.7 Å². The Kier molecular flexibility index (Phi) is 2.96. The zero-order valence-corrected chi connectivity index (χ0v) is 11.2. The lowest BCUT2D eigenvalue weighted by molar-refractivity contribution is -0.0308. The van der Waals surface area contributed by atoms with Gasteiger partial charge in [-0.2, -0.15) is 4.98 Å². The van der Waals surface area contributed by atoms with E-state index in [-0.39, 0.29) is 30.0 Å². The first-order valence-electron chi connectivity index (χ1n) is 7.31. The van der Waals surface area contributed by atoms with Gasteiger partial charge in [0, 0.05) is 13.1 Å². The first kappa shape index (κ1) is 12.3. The van der Waals surface area contributed by atoms with E-state index in [4.69, 9.17) is 9.26 Å². The average molecular weight is 278 g/mol. The second kappa shape index (κ2) is 4.82. The number of fused-ring (bicyclic) bond motifs is 2. The van der Waals surface area contributed by atoms with Crippen molar-refractivity contribution in [1.29, 1.82) is 0 Å². The van der Waals surface area contributed by atoms with Gasteiger partial charge in [0.05, 0.1) is 18.2 Å². The normalized spacial score (nSPS) is 32.8. The fraction of sp³-hybridized carbons (Fsp3) is 0.769. The summed E-state index contributed by atoms with van der Waals surface area (Å²) in [6.45, 7) is 2.24. The molecule has 4 heterocycles. The van der Waals surface area contributed by atoms with Gasteiger partial charge in [0.15, 0.2) is 0 Å². The number of nitrogens with zero attached hydrogens (tertiary/aromatic N) is 3. The van der Waals surface area contributed by atoms with Crippen molar-refractivity contribution in [3.63, 3.8) is 0 Å². The number of likely N-dealkylation sites (tertiary alicyclic amines) is 1. The van der Waals surface area contributed by atoms with Crippen LogP contribution in [0.4, 0.5) is 0 Å². The molecule has 0 radical (unpaired) electrons. The van der Waals surface area contributed by atoms with E-state index in [9.17, 15) is 4.79 Å². The predicted molar refractivity (Wildman–Crippen MR) is 68.1 cm³/mol.